The lowest BCUT2D eigenvalue weighted by Gasteiger charge is -2.22. The van der Waals surface area contributed by atoms with Gasteiger partial charge in [-0.25, -0.2) is 0 Å². The highest BCUT2D eigenvalue weighted by Gasteiger charge is 2.27. The van der Waals surface area contributed by atoms with E-state index in [1.165, 1.54) is 0 Å². The predicted octanol–water partition coefficient (Wildman–Crippen LogP) is 2.29. The Morgan fingerprint density at radius 3 is 2.40 bits per heavy atom. The number of likely N-dealkylation sites (tertiary alicyclic amines) is 1. The van der Waals surface area contributed by atoms with Crippen LogP contribution in [0.3, 0.4) is 0 Å². The topological polar surface area (TPSA) is 47.7 Å². The Bertz CT molecular complexity index is 440. The van der Waals surface area contributed by atoms with Gasteiger partial charge in [0.1, 0.15) is 11.5 Å². The van der Waals surface area contributed by atoms with Crippen molar-refractivity contribution in [1.29, 1.82) is 0 Å². The van der Waals surface area contributed by atoms with Crippen LogP contribution in [0.5, 0.6) is 11.5 Å². The van der Waals surface area contributed by atoms with Gasteiger partial charge in [-0.2, -0.15) is 0 Å². The Kier molecular flexibility index (Phi) is 4.89. The quantitative estimate of drug-likeness (QED) is 0.898. The number of benzene rings is 1. The summed E-state index contributed by atoms with van der Waals surface area (Å²) in [6.45, 7) is 7.76. The van der Waals surface area contributed by atoms with Crippen LogP contribution in [-0.4, -0.2) is 38.8 Å². The van der Waals surface area contributed by atoms with Crippen molar-refractivity contribution in [2.24, 2.45) is 17.6 Å². The molecule has 1 aliphatic rings. The molecule has 0 spiro atoms. The SMILES string of the molecule is COc1ccc(C(N)CN2CC(C)C(C)C2)c(OC)c1. The van der Waals surface area contributed by atoms with E-state index < -0.39 is 0 Å². The highest BCUT2D eigenvalue weighted by Crippen LogP contribution is 2.30. The number of hydrogen-bond acceptors (Lipinski definition) is 4. The maximum Gasteiger partial charge on any atom is 0.127 e. The molecule has 1 aromatic carbocycles. The van der Waals surface area contributed by atoms with Gasteiger partial charge in [-0.3, -0.25) is 0 Å². The van der Waals surface area contributed by atoms with Gasteiger partial charge in [-0.15, -0.1) is 0 Å². The zero-order valence-electron chi connectivity index (χ0n) is 12.9. The molecule has 0 bridgehead atoms. The maximum atomic E-state index is 6.37. The van der Waals surface area contributed by atoms with Crippen LogP contribution in [-0.2, 0) is 0 Å². The first kappa shape index (κ1) is 15.1. The molecule has 3 unspecified atom stereocenters. The lowest BCUT2D eigenvalue weighted by Crippen LogP contribution is -2.31. The molecule has 1 heterocycles. The van der Waals surface area contributed by atoms with Crippen molar-refractivity contribution in [3.63, 3.8) is 0 Å². The van der Waals surface area contributed by atoms with E-state index in [-0.39, 0.29) is 6.04 Å². The standard InChI is InChI=1S/C16H26N2O2/c1-11-8-18(9-12(11)2)10-15(17)14-6-5-13(19-3)7-16(14)20-4/h5-7,11-12,15H,8-10,17H2,1-4H3. The van der Waals surface area contributed by atoms with Crippen LogP contribution in [0.4, 0.5) is 0 Å². The third-order valence-corrected chi connectivity index (χ3v) is 4.36. The molecular formula is C16H26N2O2. The second kappa shape index (κ2) is 6.46. The molecule has 0 saturated carbocycles. The molecule has 0 aromatic heterocycles. The second-order valence-corrected chi connectivity index (χ2v) is 5.89. The number of hydrogen-bond donors (Lipinski definition) is 1. The van der Waals surface area contributed by atoms with Crippen LogP contribution >= 0.6 is 0 Å². The molecule has 20 heavy (non-hydrogen) atoms. The number of nitrogens with zero attached hydrogens (tertiary/aromatic N) is 1. The summed E-state index contributed by atoms with van der Waals surface area (Å²) in [5.74, 6) is 3.10. The molecular weight excluding hydrogens is 252 g/mol. The Labute approximate surface area is 121 Å². The summed E-state index contributed by atoms with van der Waals surface area (Å²) in [5, 5.41) is 0. The molecule has 0 radical (unpaired) electrons. The van der Waals surface area contributed by atoms with Gasteiger partial charge in [0, 0.05) is 37.3 Å². The number of ether oxygens (including phenoxy) is 2. The minimum atomic E-state index is -0.0339. The van der Waals surface area contributed by atoms with Crippen LogP contribution in [0, 0.1) is 11.8 Å². The third kappa shape index (κ3) is 3.25. The highest BCUT2D eigenvalue weighted by atomic mass is 16.5. The molecule has 1 aromatic rings. The Balaban J connectivity index is 2.07. The molecule has 4 heteroatoms. The van der Waals surface area contributed by atoms with Gasteiger partial charge in [-0.05, 0) is 17.9 Å². The summed E-state index contributed by atoms with van der Waals surface area (Å²) in [6, 6.07) is 5.80. The molecule has 1 saturated heterocycles. The van der Waals surface area contributed by atoms with E-state index in [1.807, 2.05) is 18.2 Å². The molecule has 0 amide bonds. The summed E-state index contributed by atoms with van der Waals surface area (Å²) in [5.41, 5.74) is 7.41. The van der Waals surface area contributed by atoms with E-state index in [0.717, 1.165) is 48.5 Å². The Hall–Kier alpha value is -1.26. The van der Waals surface area contributed by atoms with E-state index in [9.17, 15) is 0 Å². The predicted molar refractivity (Wildman–Crippen MR) is 81.2 cm³/mol. The fourth-order valence-electron chi connectivity index (χ4n) is 2.90. The molecule has 4 nitrogen and oxygen atoms in total. The first-order valence-corrected chi connectivity index (χ1v) is 7.25. The number of nitrogens with two attached hydrogens (primary N) is 1. The highest BCUT2D eigenvalue weighted by molar-refractivity contribution is 5.42. The van der Waals surface area contributed by atoms with Crippen molar-refractivity contribution >= 4 is 0 Å². The van der Waals surface area contributed by atoms with Gasteiger partial charge in [0.2, 0.25) is 0 Å². The molecule has 112 valence electrons. The van der Waals surface area contributed by atoms with Crippen LogP contribution < -0.4 is 15.2 Å². The first-order chi connectivity index (χ1) is 9.55. The van der Waals surface area contributed by atoms with Crippen molar-refractivity contribution in [3.8, 4) is 11.5 Å². The average molecular weight is 278 g/mol. The molecule has 1 aliphatic heterocycles. The third-order valence-electron chi connectivity index (χ3n) is 4.36. The zero-order chi connectivity index (χ0) is 14.7. The molecule has 0 aliphatic carbocycles. The first-order valence-electron chi connectivity index (χ1n) is 7.25. The van der Waals surface area contributed by atoms with Crippen LogP contribution in [0.25, 0.3) is 0 Å². The molecule has 2 N–H and O–H groups in total. The van der Waals surface area contributed by atoms with Crippen LogP contribution in [0.15, 0.2) is 18.2 Å². The summed E-state index contributed by atoms with van der Waals surface area (Å²) >= 11 is 0. The fourth-order valence-corrected chi connectivity index (χ4v) is 2.90. The van der Waals surface area contributed by atoms with Crippen molar-refractivity contribution in [2.75, 3.05) is 33.9 Å². The smallest absolute Gasteiger partial charge is 0.127 e. The van der Waals surface area contributed by atoms with E-state index in [0.29, 0.717) is 0 Å². The van der Waals surface area contributed by atoms with E-state index in [4.69, 9.17) is 15.2 Å². The lowest BCUT2D eigenvalue weighted by molar-refractivity contribution is 0.298. The van der Waals surface area contributed by atoms with Gasteiger partial charge in [0.25, 0.3) is 0 Å². The average Bonchev–Trinajstić information content (AvgIpc) is 2.76. The summed E-state index contributed by atoms with van der Waals surface area (Å²) in [6.07, 6.45) is 0. The number of rotatable bonds is 5. The minimum Gasteiger partial charge on any atom is -0.497 e. The van der Waals surface area contributed by atoms with Gasteiger partial charge in [0.05, 0.1) is 14.2 Å². The van der Waals surface area contributed by atoms with Gasteiger partial charge in [-0.1, -0.05) is 19.9 Å². The monoisotopic (exact) mass is 278 g/mol. The summed E-state index contributed by atoms with van der Waals surface area (Å²) in [7, 11) is 3.33. The van der Waals surface area contributed by atoms with E-state index in [2.05, 4.69) is 18.7 Å². The fraction of sp³-hybridized carbons (Fsp3) is 0.625. The maximum absolute atomic E-state index is 6.37. The van der Waals surface area contributed by atoms with E-state index >= 15 is 0 Å². The van der Waals surface area contributed by atoms with Crippen molar-refractivity contribution in [2.45, 2.75) is 19.9 Å². The normalized spacial score (nSPS) is 24.6. The van der Waals surface area contributed by atoms with Crippen LogP contribution in [0.2, 0.25) is 0 Å². The van der Waals surface area contributed by atoms with Crippen molar-refractivity contribution in [3.05, 3.63) is 23.8 Å². The summed E-state index contributed by atoms with van der Waals surface area (Å²) in [4.78, 5) is 2.45. The molecule has 1 fully saturated rings. The van der Waals surface area contributed by atoms with Gasteiger partial charge < -0.3 is 20.1 Å². The summed E-state index contributed by atoms with van der Waals surface area (Å²) < 4.78 is 10.7. The molecule has 3 atom stereocenters. The van der Waals surface area contributed by atoms with Gasteiger partial charge >= 0.3 is 0 Å². The van der Waals surface area contributed by atoms with Crippen LogP contribution in [0.1, 0.15) is 25.5 Å². The van der Waals surface area contributed by atoms with Crippen molar-refractivity contribution < 1.29 is 9.47 Å². The van der Waals surface area contributed by atoms with E-state index in [1.54, 1.807) is 14.2 Å². The zero-order valence-corrected chi connectivity index (χ0v) is 12.9. The second-order valence-electron chi connectivity index (χ2n) is 5.89. The lowest BCUT2D eigenvalue weighted by atomic mass is 10.0. The Morgan fingerprint density at radius 1 is 1.20 bits per heavy atom. The number of methoxy groups -OCH3 is 2. The van der Waals surface area contributed by atoms with Crippen molar-refractivity contribution in [1.82, 2.24) is 4.90 Å². The minimum absolute atomic E-state index is 0.0339. The largest absolute Gasteiger partial charge is 0.497 e. The van der Waals surface area contributed by atoms with Gasteiger partial charge in [0.15, 0.2) is 0 Å². The Morgan fingerprint density at radius 2 is 1.85 bits per heavy atom. The molecule has 2 rings (SSSR count).